The molecule has 1 N–H and O–H groups in total. The second kappa shape index (κ2) is 16.5. The smallest absolute Gasteiger partial charge is 0.294 e. The second-order valence-corrected chi connectivity index (χ2v) is 20.7. The molecule has 8 rings (SSSR count). The quantitative estimate of drug-likeness (QED) is 0.103. The fraction of sp³-hybridized carbons (Fsp3) is 0.220. The van der Waals surface area contributed by atoms with Gasteiger partial charge in [-0.1, -0.05) is 117 Å². The van der Waals surface area contributed by atoms with Crippen molar-refractivity contribution >= 4 is 49.1 Å². The molecule has 8 nitrogen and oxygen atoms in total. The van der Waals surface area contributed by atoms with Crippen LogP contribution in [-0.2, 0) is 44.2 Å². The van der Waals surface area contributed by atoms with Gasteiger partial charge in [-0.3, -0.25) is 4.55 Å². The highest BCUT2D eigenvalue weighted by Crippen LogP contribution is 2.50. The van der Waals surface area contributed by atoms with Crippen molar-refractivity contribution in [2.45, 2.75) is 85.6 Å². The molecule has 0 unspecified atom stereocenters. The van der Waals surface area contributed by atoms with Gasteiger partial charge in [0.1, 0.15) is 10.1 Å². The molecule has 0 fully saturated rings. The summed E-state index contributed by atoms with van der Waals surface area (Å²) in [6.45, 7) is 9.47. The first-order chi connectivity index (χ1) is 29.0. The van der Waals surface area contributed by atoms with Gasteiger partial charge in [0.15, 0.2) is 12.3 Å². The van der Waals surface area contributed by atoms with E-state index in [1.165, 1.54) is 29.3 Å². The molecule has 0 spiro atoms. The van der Waals surface area contributed by atoms with Crippen LogP contribution in [0.5, 0.6) is 0 Å². The lowest BCUT2D eigenvalue weighted by Crippen LogP contribution is -2.27. The highest BCUT2D eigenvalue weighted by Gasteiger charge is 2.45. The van der Waals surface area contributed by atoms with E-state index in [9.17, 15) is 25.9 Å². The van der Waals surface area contributed by atoms with Gasteiger partial charge < -0.3 is 9.45 Å². The Kier molecular flexibility index (Phi) is 11.5. The number of hydrogen-bond acceptors (Lipinski definition) is 7. The van der Waals surface area contributed by atoms with Crippen LogP contribution in [0.15, 0.2) is 188 Å². The fourth-order valence-corrected chi connectivity index (χ4v) is 10.9. The average molecular weight is 869 g/mol. The summed E-state index contributed by atoms with van der Waals surface area (Å²) in [5, 5.41) is 0. The third-order valence-corrected chi connectivity index (χ3v) is 14.9. The van der Waals surface area contributed by atoms with Gasteiger partial charge in [-0.25, -0.2) is 8.42 Å². The van der Waals surface area contributed by atoms with Crippen molar-refractivity contribution in [3.63, 3.8) is 0 Å². The zero-order valence-corrected chi connectivity index (χ0v) is 37.0. The lowest BCUT2D eigenvalue weighted by atomic mass is 9.81. The lowest BCUT2D eigenvalue weighted by molar-refractivity contribution is -0.455. The Labute approximate surface area is 363 Å². The molecule has 61 heavy (non-hydrogen) atoms. The van der Waals surface area contributed by atoms with Gasteiger partial charge in [-0.15, -0.1) is 0 Å². The second-order valence-electron chi connectivity index (χ2n) is 16.8. The maximum atomic E-state index is 12.3. The molecule has 3 aliphatic rings. The monoisotopic (exact) mass is 868 g/mol. The molecule has 1 aliphatic carbocycles. The first-order valence-electron chi connectivity index (χ1n) is 20.3. The number of fused-ring (bicyclic) bond motifs is 2. The predicted octanol–water partition coefficient (Wildman–Crippen LogP) is 11.0. The molecule has 2 aliphatic heterocycles. The third-order valence-electron chi connectivity index (χ3n) is 12.0. The number of thioether (sulfide) groups is 1. The Morgan fingerprint density at radius 3 is 2.00 bits per heavy atom. The molecule has 2 heterocycles. The fourth-order valence-electron chi connectivity index (χ4n) is 8.81. The zero-order valence-electron chi connectivity index (χ0n) is 34.6. The molecule has 0 saturated heterocycles. The van der Waals surface area contributed by atoms with E-state index in [1.807, 2.05) is 54.6 Å². The summed E-state index contributed by atoms with van der Waals surface area (Å²) in [7, 11) is -9.07. The van der Waals surface area contributed by atoms with E-state index in [2.05, 4.69) is 97.9 Å². The standard InChI is InChI=1S/C50H48N2O6S3/c1-49(2)42-31-40(60(53,54)55)25-27-44(42)51(33-35-15-8-5-9-16-35)46(49)29-23-37-19-14-20-38(48(37)59-39-21-12-7-13-22-39)24-30-47-50(3,4)43-32-41(61(56,57)58)26-28-45(43)52(47)34-36-17-10-6-11-18-36/h5-13,15-18,21-32H,14,19-20,33-34H2,1-4H3,(H-,53,54,55,56,57,58). The van der Waals surface area contributed by atoms with Gasteiger partial charge in [0, 0.05) is 56.4 Å². The Bertz CT molecular complexity index is 2900. The van der Waals surface area contributed by atoms with Crippen LogP contribution in [0.4, 0.5) is 11.4 Å². The summed E-state index contributed by atoms with van der Waals surface area (Å²) in [5.74, 6) is 0. The van der Waals surface area contributed by atoms with Crippen LogP contribution < -0.4 is 4.90 Å². The molecule has 0 saturated carbocycles. The van der Waals surface area contributed by atoms with Crippen molar-refractivity contribution in [3.8, 4) is 0 Å². The van der Waals surface area contributed by atoms with Gasteiger partial charge in [0.25, 0.3) is 10.1 Å². The highest BCUT2D eigenvalue weighted by atomic mass is 32.2. The Morgan fingerprint density at radius 2 is 1.34 bits per heavy atom. The van der Waals surface area contributed by atoms with E-state index in [4.69, 9.17) is 0 Å². The van der Waals surface area contributed by atoms with Crippen molar-refractivity contribution in [1.82, 2.24) is 0 Å². The van der Waals surface area contributed by atoms with Gasteiger partial charge in [0.2, 0.25) is 5.69 Å². The lowest BCUT2D eigenvalue weighted by Gasteiger charge is -2.27. The molecular weight excluding hydrogens is 821 g/mol. The molecule has 0 aromatic heterocycles. The summed E-state index contributed by atoms with van der Waals surface area (Å²) in [4.78, 5) is 4.15. The van der Waals surface area contributed by atoms with Gasteiger partial charge in [-0.05, 0) is 104 Å². The first-order valence-corrected chi connectivity index (χ1v) is 24.0. The summed E-state index contributed by atoms with van der Waals surface area (Å²) in [5.41, 5.74) is 8.73. The molecule has 312 valence electrons. The summed E-state index contributed by atoms with van der Waals surface area (Å²) in [6.07, 6.45) is 11.4. The van der Waals surface area contributed by atoms with Crippen LogP contribution in [0.1, 0.15) is 69.2 Å². The van der Waals surface area contributed by atoms with Gasteiger partial charge in [0.05, 0.1) is 15.2 Å². The number of nitrogens with zero attached hydrogens (tertiary/aromatic N) is 2. The maximum Gasteiger partial charge on any atom is 0.294 e. The first kappa shape index (κ1) is 42.4. The van der Waals surface area contributed by atoms with E-state index in [0.717, 1.165) is 74.1 Å². The molecule has 5 aromatic rings. The van der Waals surface area contributed by atoms with E-state index in [0.29, 0.717) is 13.1 Å². The van der Waals surface area contributed by atoms with Crippen LogP contribution in [0, 0.1) is 0 Å². The summed E-state index contributed by atoms with van der Waals surface area (Å²) < 4.78 is 73.4. The Balaban J connectivity index is 1.25. The average Bonchev–Trinajstić information content (AvgIpc) is 3.57. The number of allylic oxidation sites excluding steroid dienone is 7. The molecular formula is C50H48N2O6S3. The Morgan fingerprint density at radius 1 is 0.721 bits per heavy atom. The van der Waals surface area contributed by atoms with Crippen molar-refractivity contribution in [2.24, 2.45) is 0 Å². The molecule has 5 aromatic carbocycles. The molecule has 0 bridgehead atoms. The number of rotatable bonds is 11. The van der Waals surface area contributed by atoms with Crippen molar-refractivity contribution in [3.05, 3.63) is 196 Å². The van der Waals surface area contributed by atoms with Crippen molar-refractivity contribution in [1.29, 1.82) is 0 Å². The molecule has 0 atom stereocenters. The number of hydrogen-bond donors (Lipinski definition) is 1. The minimum atomic E-state index is -4.66. The van der Waals surface area contributed by atoms with E-state index in [1.54, 1.807) is 30.0 Å². The molecule has 11 heteroatoms. The van der Waals surface area contributed by atoms with E-state index < -0.39 is 31.1 Å². The summed E-state index contributed by atoms with van der Waals surface area (Å²) in [6, 6.07) is 40.2. The molecule has 0 amide bonds. The van der Waals surface area contributed by atoms with Crippen LogP contribution in [0.3, 0.4) is 0 Å². The third kappa shape index (κ3) is 8.63. The minimum Gasteiger partial charge on any atom is -0.744 e. The van der Waals surface area contributed by atoms with Crippen LogP contribution in [0.2, 0.25) is 0 Å². The largest absolute Gasteiger partial charge is 0.744 e. The van der Waals surface area contributed by atoms with Crippen molar-refractivity contribution < 1.29 is 30.5 Å². The number of benzene rings is 5. The zero-order chi connectivity index (χ0) is 43.2. The van der Waals surface area contributed by atoms with Gasteiger partial charge >= 0.3 is 0 Å². The normalized spacial score (nSPS) is 18.7. The number of anilines is 1. The summed E-state index contributed by atoms with van der Waals surface area (Å²) >= 11 is 1.73. The van der Waals surface area contributed by atoms with Crippen LogP contribution in [0.25, 0.3) is 0 Å². The van der Waals surface area contributed by atoms with Crippen molar-refractivity contribution in [2.75, 3.05) is 4.90 Å². The van der Waals surface area contributed by atoms with Crippen LogP contribution >= 0.6 is 11.8 Å². The van der Waals surface area contributed by atoms with Gasteiger partial charge in [-0.2, -0.15) is 13.0 Å². The predicted molar refractivity (Wildman–Crippen MR) is 243 cm³/mol. The SMILES string of the molecule is CC1(C)C(/C=C/C2=C(Sc3ccccc3)C(=C/C=C3/N(Cc4ccccc4)c4ccc(S(=O)(=O)O)cc4C3(C)C)/CCC2)=[N+](Cc2ccccc2)c2ccc(S(=O)(=O)[O-])cc21. The van der Waals surface area contributed by atoms with E-state index in [-0.39, 0.29) is 9.79 Å². The highest BCUT2D eigenvalue weighted by molar-refractivity contribution is 8.03. The minimum absolute atomic E-state index is 0.128. The van der Waals surface area contributed by atoms with Crippen LogP contribution in [-0.4, -0.2) is 36.2 Å². The maximum absolute atomic E-state index is 12.3. The Hall–Kier alpha value is -5.30. The van der Waals surface area contributed by atoms with E-state index >= 15 is 0 Å². The molecule has 0 radical (unpaired) electrons. The topological polar surface area (TPSA) is 118 Å².